The molecule has 0 spiro atoms. The first-order chi connectivity index (χ1) is 9.86. The van der Waals surface area contributed by atoms with Gasteiger partial charge in [-0.25, -0.2) is 0 Å². The average Bonchev–Trinajstić information content (AvgIpc) is 2.63. The highest BCUT2D eigenvalue weighted by molar-refractivity contribution is 9.14. The topological polar surface area (TPSA) is 54.5 Å². The zero-order chi connectivity index (χ0) is 16.0. The second-order valence-corrected chi connectivity index (χ2v) is 7.11. The van der Waals surface area contributed by atoms with Crippen molar-refractivity contribution >= 4 is 49.5 Å². The van der Waals surface area contributed by atoms with Crippen LogP contribution in [-0.2, 0) is 14.4 Å². The van der Waals surface area contributed by atoms with Crippen LogP contribution >= 0.6 is 31.9 Å². The molecule has 0 atom stereocenters. The summed E-state index contributed by atoms with van der Waals surface area (Å²) in [5.41, 5.74) is 0. The first-order valence-electron chi connectivity index (χ1n) is 7.30. The summed E-state index contributed by atoms with van der Waals surface area (Å²) in [5, 5.41) is 0. The smallest absolute Gasteiger partial charge is 0.269 e. The molecule has 0 aromatic carbocycles. The summed E-state index contributed by atoms with van der Waals surface area (Å²) in [5.74, 6) is -0.0885. The summed E-state index contributed by atoms with van der Waals surface area (Å²) >= 11 is 6.21. The predicted molar refractivity (Wildman–Crippen MR) is 89.1 cm³/mol. The molecule has 0 aromatic heterocycles. The lowest BCUT2D eigenvalue weighted by Gasteiger charge is -2.13. The fraction of sp³-hybridized carbons (Fsp3) is 0.667. The number of amides is 2. The Morgan fingerprint density at radius 1 is 0.952 bits per heavy atom. The maximum absolute atomic E-state index is 11.8. The minimum Gasteiger partial charge on any atom is -0.299 e. The normalized spacial score (nSPS) is 15.6. The van der Waals surface area contributed by atoms with Crippen LogP contribution in [0.1, 0.15) is 52.4 Å². The molecule has 1 aliphatic rings. The van der Waals surface area contributed by atoms with E-state index in [0.29, 0.717) is 27.7 Å². The van der Waals surface area contributed by atoms with Crippen molar-refractivity contribution in [3.8, 4) is 0 Å². The Labute approximate surface area is 142 Å². The number of nitrogens with zero attached hydrogens (tertiary/aromatic N) is 1. The fourth-order valence-electron chi connectivity index (χ4n) is 2.11. The van der Waals surface area contributed by atoms with E-state index in [2.05, 4.69) is 31.9 Å². The van der Waals surface area contributed by atoms with Crippen LogP contribution in [-0.4, -0.2) is 29.0 Å². The van der Waals surface area contributed by atoms with Gasteiger partial charge < -0.3 is 0 Å². The van der Waals surface area contributed by atoms with Crippen LogP contribution in [0.15, 0.2) is 8.96 Å². The molecule has 0 saturated carbocycles. The maximum Gasteiger partial charge on any atom is 0.269 e. The highest BCUT2D eigenvalue weighted by atomic mass is 79.9. The molecule has 0 saturated heterocycles. The van der Waals surface area contributed by atoms with Gasteiger partial charge in [0.1, 0.15) is 14.7 Å². The van der Waals surface area contributed by atoms with Crippen LogP contribution in [0.2, 0.25) is 0 Å². The second kappa shape index (κ2) is 8.83. The molecule has 0 aromatic rings. The molecule has 6 heteroatoms. The molecule has 0 bridgehead atoms. The second-order valence-electron chi connectivity index (χ2n) is 5.53. The number of carbonyl (C=O) groups excluding carboxylic acids is 3. The van der Waals surface area contributed by atoms with Crippen molar-refractivity contribution in [1.29, 1.82) is 0 Å². The van der Waals surface area contributed by atoms with Crippen molar-refractivity contribution < 1.29 is 14.4 Å². The van der Waals surface area contributed by atoms with Crippen LogP contribution in [0, 0.1) is 5.92 Å². The summed E-state index contributed by atoms with van der Waals surface area (Å²) in [6, 6.07) is 0. The number of carbonyl (C=O) groups is 3. The fourth-order valence-corrected chi connectivity index (χ4v) is 2.88. The van der Waals surface area contributed by atoms with E-state index in [1.54, 1.807) is 0 Å². The molecule has 0 radical (unpaired) electrons. The molecular formula is C15H21Br2NO3. The molecule has 2 amide bonds. The third-order valence-corrected chi connectivity index (χ3v) is 5.51. The van der Waals surface area contributed by atoms with Gasteiger partial charge in [-0.2, -0.15) is 0 Å². The lowest BCUT2D eigenvalue weighted by Crippen LogP contribution is -2.32. The van der Waals surface area contributed by atoms with Crippen molar-refractivity contribution in [2.24, 2.45) is 5.92 Å². The highest BCUT2D eigenvalue weighted by Gasteiger charge is 2.35. The van der Waals surface area contributed by atoms with Crippen molar-refractivity contribution in [2.45, 2.75) is 52.4 Å². The third kappa shape index (κ3) is 5.33. The van der Waals surface area contributed by atoms with Crippen LogP contribution in [0.25, 0.3) is 0 Å². The van der Waals surface area contributed by atoms with E-state index in [4.69, 9.17) is 0 Å². The number of ketones is 1. The number of halogens is 2. The van der Waals surface area contributed by atoms with Gasteiger partial charge in [-0.15, -0.1) is 0 Å². The zero-order valence-corrected chi connectivity index (χ0v) is 15.6. The number of Topliss-reactive ketones (excluding diaryl/α,β-unsaturated/α-hetero) is 1. The summed E-state index contributed by atoms with van der Waals surface area (Å²) in [4.78, 5) is 36.2. The number of imide groups is 1. The number of hydrogen-bond acceptors (Lipinski definition) is 3. The van der Waals surface area contributed by atoms with Crippen LogP contribution in [0.5, 0.6) is 0 Å². The summed E-state index contributed by atoms with van der Waals surface area (Å²) < 4.78 is 0.611. The van der Waals surface area contributed by atoms with E-state index in [1.807, 2.05) is 13.8 Å². The Balaban J connectivity index is 2.12. The van der Waals surface area contributed by atoms with Gasteiger partial charge in [0.25, 0.3) is 11.8 Å². The Bertz CT molecular complexity index is 434. The van der Waals surface area contributed by atoms with Crippen LogP contribution < -0.4 is 0 Å². The van der Waals surface area contributed by atoms with Gasteiger partial charge in [-0.05, 0) is 44.7 Å². The molecular weight excluding hydrogens is 402 g/mol. The summed E-state index contributed by atoms with van der Waals surface area (Å²) in [6.45, 7) is 4.31. The molecule has 0 N–H and O–H groups in total. The van der Waals surface area contributed by atoms with Crippen molar-refractivity contribution in [3.63, 3.8) is 0 Å². The van der Waals surface area contributed by atoms with Gasteiger partial charge in [-0.3, -0.25) is 19.3 Å². The van der Waals surface area contributed by atoms with Crippen molar-refractivity contribution in [1.82, 2.24) is 4.90 Å². The average molecular weight is 423 g/mol. The quantitative estimate of drug-likeness (QED) is 0.418. The molecule has 1 aliphatic heterocycles. The molecule has 1 rings (SSSR count). The summed E-state index contributed by atoms with van der Waals surface area (Å²) in [7, 11) is 0. The number of rotatable bonds is 9. The maximum atomic E-state index is 11.8. The number of hydrogen-bond donors (Lipinski definition) is 0. The first-order valence-corrected chi connectivity index (χ1v) is 8.89. The third-order valence-electron chi connectivity index (χ3n) is 3.51. The molecule has 4 nitrogen and oxygen atoms in total. The van der Waals surface area contributed by atoms with Gasteiger partial charge in [0.05, 0.1) is 0 Å². The Morgan fingerprint density at radius 2 is 1.43 bits per heavy atom. The largest absolute Gasteiger partial charge is 0.299 e. The molecule has 1 heterocycles. The molecule has 0 unspecified atom stereocenters. The Morgan fingerprint density at radius 3 is 1.95 bits per heavy atom. The van der Waals surface area contributed by atoms with E-state index in [1.165, 1.54) is 4.90 Å². The van der Waals surface area contributed by atoms with Crippen LogP contribution in [0.3, 0.4) is 0 Å². The summed E-state index contributed by atoms with van der Waals surface area (Å²) in [6.07, 6.45) is 5.39. The Hall–Kier alpha value is -0.490. The van der Waals surface area contributed by atoms with Crippen molar-refractivity contribution in [2.75, 3.05) is 6.54 Å². The molecule has 0 aliphatic carbocycles. The lowest BCUT2D eigenvalue weighted by atomic mass is 10.0. The minimum atomic E-state index is -0.269. The van der Waals surface area contributed by atoms with Gasteiger partial charge in [0.2, 0.25) is 0 Å². The van der Waals surface area contributed by atoms with Crippen molar-refractivity contribution in [3.05, 3.63) is 8.96 Å². The van der Waals surface area contributed by atoms with Gasteiger partial charge >= 0.3 is 0 Å². The molecule has 0 fully saturated rings. The van der Waals surface area contributed by atoms with E-state index >= 15 is 0 Å². The predicted octanol–water partition coefficient (Wildman–Crippen LogP) is 3.92. The molecule has 118 valence electrons. The van der Waals surface area contributed by atoms with Gasteiger partial charge in [0.15, 0.2) is 0 Å². The van der Waals surface area contributed by atoms with Gasteiger partial charge in [0, 0.05) is 18.9 Å². The van der Waals surface area contributed by atoms with E-state index < -0.39 is 0 Å². The van der Waals surface area contributed by atoms with Crippen LogP contribution in [0.4, 0.5) is 0 Å². The first kappa shape index (κ1) is 18.6. The molecule has 21 heavy (non-hydrogen) atoms. The lowest BCUT2D eigenvalue weighted by molar-refractivity contribution is -0.137. The van der Waals surface area contributed by atoms with E-state index in [9.17, 15) is 14.4 Å². The van der Waals surface area contributed by atoms with E-state index in [-0.39, 0.29) is 17.7 Å². The standard InChI is InChI=1S/C15H21Br2NO3/c1-10(2)11(19)8-6-4-3-5-7-9-18-14(20)12(16)13(17)15(18)21/h10H,3-9H2,1-2H3. The zero-order valence-electron chi connectivity index (χ0n) is 12.5. The van der Waals surface area contributed by atoms with E-state index in [0.717, 1.165) is 32.1 Å². The monoisotopic (exact) mass is 421 g/mol. The highest BCUT2D eigenvalue weighted by Crippen LogP contribution is 2.29. The van der Waals surface area contributed by atoms with Gasteiger partial charge in [-0.1, -0.05) is 33.1 Å². The minimum absolute atomic E-state index is 0.126. The number of unbranched alkanes of at least 4 members (excludes halogenated alkanes) is 4. The SMILES string of the molecule is CC(C)C(=O)CCCCCCCN1C(=O)C(Br)=C(Br)C1=O. The Kier molecular flexibility index (Phi) is 7.81.